The fourth-order valence-corrected chi connectivity index (χ4v) is 4.30. The Morgan fingerprint density at radius 2 is 1.47 bits per heavy atom. The van der Waals surface area contributed by atoms with Gasteiger partial charge in [0.2, 0.25) is 12.1 Å². The van der Waals surface area contributed by atoms with Gasteiger partial charge in [0.1, 0.15) is 0 Å². The van der Waals surface area contributed by atoms with Crippen molar-refractivity contribution in [1.29, 1.82) is 0 Å². The number of carbonyl (C=O) groups is 2. The maximum Gasteiger partial charge on any atom is 0.334 e. The van der Waals surface area contributed by atoms with Crippen molar-refractivity contribution in [3.05, 3.63) is 120 Å². The topological polar surface area (TPSA) is 68.2 Å². The third-order valence-corrected chi connectivity index (χ3v) is 5.97. The molecule has 2 heterocycles. The van der Waals surface area contributed by atoms with E-state index in [0.717, 1.165) is 16.7 Å². The van der Waals surface area contributed by atoms with Crippen LogP contribution in [-0.4, -0.2) is 41.0 Å². The highest BCUT2D eigenvalue weighted by molar-refractivity contribution is 6.03. The molecule has 0 N–H and O–H groups in total. The smallest absolute Gasteiger partial charge is 0.334 e. The minimum absolute atomic E-state index is 0.281. The standard InChI is InChI=1S/C28H24N2O4/c1-18(2)23(30-26(31)22-27(30)34-25(29-22)21-16-10-5-11-17-21)28(32)33-24(19-12-6-3-7-13-19)20-14-8-4-9-15-20/h3-17,22-24,27H,1H2,2H3/t22?,23?,27-/m1/s1. The summed E-state index contributed by atoms with van der Waals surface area (Å²) >= 11 is 0. The normalized spacial score (nSPS) is 19.5. The highest BCUT2D eigenvalue weighted by Gasteiger charge is 2.58. The maximum atomic E-state index is 13.5. The van der Waals surface area contributed by atoms with Crippen LogP contribution in [0.4, 0.5) is 0 Å². The fraction of sp³-hybridized carbons (Fsp3) is 0.179. The summed E-state index contributed by atoms with van der Waals surface area (Å²) in [6.07, 6.45) is -1.28. The summed E-state index contributed by atoms with van der Waals surface area (Å²) in [6.45, 7) is 5.68. The number of esters is 1. The van der Waals surface area contributed by atoms with E-state index < -0.39 is 30.4 Å². The van der Waals surface area contributed by atoms with Crippen molar-refractivity contribution in [3.63, 3.8) is 0 Å². The van der Waals surface area contributed by atoms with Gasteiger partial charge in [0.15, 0.2) is 18.2 Å². The lowest BCUT2D eigenvalue weighted by Gasteiger charge is -2.44. The predicted molar refractivity (Wildman–Crippen MR) is 128 cm³/mol. The van der Waals surface area contributed by atoms with Crippen LogP contribution in [0.15, 0.2) is 108 Å². The molecule has 3 atom stereocenters. The lowest BCUT2D eigenvalue weighted by molar-refractivity contribution is -0.178. The molecule has 0 aliphatic carbocycles. The summed E-state index contributed by atoms with van der Waals surface area (Å²) in [4.78, 5) is 32.3. The van der Waals surface area contributed by atoms with Crippen molar-refractivity contribution < 1.29 is 19.1 Å². The molecule has 2 aliphatic rings. The van der Waals surface area contributed by atoms with Crippen molar-refractivity contribution in [3.8, 4) is 0 Å². The summed E-state index contributed by atoms with van der Waals surface area (Å²) in [6, 6.07) is 26.8. The van der Waals surface area contributed by atoms with Gasteiger partial charge < -0.3 is 9.47 Å². The third-order valence-electron chi connectivity index (χ3n) is 5.97. The lowest BCUT2D eigenvalue weighted by Crippen LogP contribution is -2.68. The van der Waals surface area contributed by atoms with Crippen molar-refractivity contribution in [2.75, 3.05) is 0 Å². The van der Waals surface area contributed by atoms with E-state index >= 15 is 0 Å². The number of nitrogens with zero attached hydrogens (tertiary/aromatic N) is 2. The van der Waals surface area contributed by atoms with Gasteiger partial charge in [-0.1, -0.05) is 85.4 Å². The highest BCUT2D eigenvalue weighted by atomic mass is 16.6. The molecule has 6 nitrogen and oxygen atoms in total. The van der Waals surface area contributed by atoms with Gasteiger partial charge in [-0.3, -0.25) is 9.69 Å². The molecule has 0 aromatic heterocycles. The van der Waals surface area contributed by atoms with E-state index in [9.17, 15) is 9.59 Å². The first-order valence-electron chi connectivity index (χ1n) is 11.1. The second-order valence-corrected chi connectivity index (χ2v) is 8.39. The molecular weight excluding hydrogens is 428 g/mol. The molecule has 0 radical (unpaired) electrons. The van der Waals surface area contributed by atoms with E-state index in [4.69, 9.17) is 9.47 Å². The highest BCUT2D eigenvalue weighted by Crippen LogP contribution is 2.36. The number of benzene rings is 3. The van der Waals surface area contributed by atoms with Crippen LogP contribution in [0.2, 0.25) is 0 Å². The molecule has 2 unspecified atom stereocenters. The monoisotopic (exact) mass is 452 g/mol. The van der Waals surface area contributed by atoms with E-state index in [1.165, 1.54) is 4.90 Å². The summed E-state index contributed by atoms with van der Waals surface area (Å²) < 4.78 is 12.0. The number of ether oxygens (including phenoxy) is 2. The summed E-state index contributed by atoms with van der Waals surface area (Å²) in [7, 11) is 0. The van der Waals surface area contributed by atoms with E-state index in [1.807, 2.05) is 91.0 Å². The summed E-state index contributed by atoms with van der Waals surface area (Å²) in [5, 5.41) is 0. The molecule has 3 aromatic rings. The Morgan fingerprint density at radius 3 is 2.00 bits per heavy atom. The molecule has 6 heteroatoms. The molecule has 5 rings (SSSR count). The summed E-state index contributed by atoms with van der Waals surface area (Å²) in [5.74, 6) is -0.447. The van der Waals surface area contributed by atoms with Crippen molar-refractivity contribution in [1.82, 2.24) is 4.90 Å². The minimum atomic E-state index is -0.978. The Morgan fingerprint density at radius 1 is 0.941 bits per heavy atom. The van der Waals surface area contributed by atoms with Gasteiger partial charge in [0.25, 0.3) is 5.91 Å². The van der Waals surface area contributed by atoms with Gasteiger partial charge in [-0.25, -0.2) is 9.79 Å². The molecule has 1 fully saturated rings. The number of fused-ring (bicyclic) bond motifs is 1. The molecule has 0 bridgehead atoms. The van der Waals surface area contributed by atoms with E-state index in [1.54, 1.807) is 6.92 Å². The molecule has 3 aromatic carbocycles. The van der Waals surface area contributed by atoms with Crippen LogP contribution < -0.4 is 0 Å². The van der Waals surface area contributed by atoms with Gasteiger partial charge >= 0.3 is 5.97 Å². The van der Waals surface area contributed by atoms with E-state index in [0.29, 0.717) is 11.5 Å². The van der Waals surface area contributed by atoms with Crippen LogP contribution in [-0.2, 0) is 19.1 Å². The Hall–Kier alpha value is -4.19. The zero-order chi connectivity index (χ0) is 23.7. The molecular formula is C28H24N2O4. The number of likely N-dealkylation sites (tertiary alicyclic amines) is 1. The van der Waals surface area contributed by atoms with Gasteiger partial charge in [0, 0.05) is 5.56 Å². The predicted octanol–water partition coefficient (Wildman–Crippen LogP) is 4.28. The number of amides is 1. The SMILES string of the molecule is C=C(C)C(C(=O)OC(c1ccccc1)c1ccccc1)N1C(=O)C2N=C(c3ccccc3)O[C@H]21. The zero-order valence-electron chi connectivity index (χ0n) is 18.7. The van der Waals surface area contributed by atoms with Crippen LogP contribution in [0.5, 0.6) is 0 Å². The molecule has 1 saturated heterocycles. The molecule has 2 aliphatic heterocycles. The maximum absolute atomic E-state index is 13.5. The van der Waals surface area contributed by atoms with Crippen LogP contribution in [0.1, 0.15) is 29.7 Å². The largest absolute Gasteiger partial charge is 0.451 e. The quantitative estimate of drug-likeness (QED) is 0.305. The Balaban J connectivity index is 1.39. The van der Waals surface area contributed by atoms with Gasteiger partial charge in [-0.2, -0.15) is 0 Å². The number of aliphatic imine (C=N–C) groups is 1. The van der Waals surface area contributed by atoms with Gasteiger partial charge in [-0.05, 0) is 35.8 Å². The molecule has 0 spiro atoms. The zero-order valence-corrected chi connectivity index (χ0v) is 18.7. The third kappa shape index (κ3) is 3.88. The Labute approximate surface area is 198 Å². The van der Waals surface area contributed by atoms with Gasteiger partial charge in [0.05, 0.1) is 0 Å². The average Bonchev–Trinajstić information content (AvgIpc) is 3.27. The van der Waals surface area contributed by atoms with Crippen molar-refractivity contribution in [2.45, 2.75) is 31.3 Å². The number of rotatable bonds is 7. The first-order chi connectivity index (χ1) is 16.5. The first kappa shape index (κ1) is 21.6. The number of β-lactam (4-membered cyclic amide) rings is 1. The number of hydrogen-bond donors (Lipinski definition) is 0. The van der Waals surface area contributed by atoms with Crippen molar-refractivity contribution >= 4 is 17.8 Å². The molecule has 170 valence electrons. The second-order valence-electron chi connectivity index (χ2n) is 8.39. The molecule has 34 heavy (non-hydrogen) atoms. The second kappa shape index (κ2) is 8.98. The molecule has 0 saturated carbocycles. The number of carbonyl (C=O) groups excluding carboxylic acids is 2. The van der Waals surface area contributed by atoms with Crippen LogP contribution in [0.25, 0.3) is 0 Å². The van der Waals surface area contributed by atoms with Crippen LogP contribution in [0.3, 0.4) is 0 Å². The first-order valence-corrected chi connectivity index (χ1v) is 11.1. The van der Waals surface area contributed by atoms with Gasteiger partial charge in [-0.15, -0.1) is 0 Å². The van der Waals surface area contributed by atoms with Crippen LogP contribution >= 0.6 is 0 Å². The Bertz CT molecular complexity index is 1200. The lowest BCUT2D eigenvalue weighted by atomic mass is 9.97. The summed E-state index contributed by atoms with van der Waals surface area (Å²) in [5.41, 5.74) is 2.95. The van der Waals surface area contributed by atoms with E-state index in [2.05, 4.69) is 11.6 Å². The van der Waals surface area contributed by atoms with Crippen LogP contribution in [0, 0.1) is 0 Å². The molecule has 1 amide bonds. The number of hydrogen-bond acceptors (Lipinski definition) is 5. The average molecular weight is 453 g/mol. The fourth-order valence-electron chi connectivity index (χ4n) is 4.30. The van der Waals surface area contributed by atoms with E-state index in [-0.39, 0.29) is 5.91 Å². The Kier molecular flexibility index (Phi) is 5.72. The van der Waals surface area contributed by atoms with Crippen molar-refractivity contribution in [2.24, 2.45) is 4.99 Å². The minimum Gasteiger partial charge on any atom is -0.451 e.